The summed E-state index contributed by atoms with van der Waals surface area (Å²) in [5, 5.41) is 0. The first-order chi connectivity index (χ1) is 14.0. The van der Waals surface area contributed by atoms with E-state index in [-0.39, 0.29) is 11.8 Å². The van der Waals surface area contributed by atoms with Crippen LogP contribution in [0.4, 0.5) is 8.78 Å². The molecule has 0 unspecified atom stereocenters. The van der Waals surface area contributed by atoms with Crippen LogP contribution in [0, 0.1) is 0 Å². The predicted octanol–water partition coefficient (Wildman–Crippen LogP) is 4.31. The Morgan fingerprint density at radius 2 is 1.52 bits per heavy atom. The van der Waals surface area contributed by atoms with Crippen molar-refractivity contribution >= 4 is 23.6 Å². The van der Waals surface area contributed by atoms with Gasteiger partial charge < -0.3 is 9.80 Å². The SMILES string of the molecule is O=C(CCCc1ccccc1)N1CCN(C(=O)c2ccc(SC(F)F)cc2)CC1. The van der Waals surface area contributed by atoms with Crippen molar-refractivity contribution in [2.75, 3.05) is 26.2 Å². The van der Waals surface area contributed by atoms with E-state index in [4.69, 9.17) is 0 Å². The van der Waals surface area contributed by atoms with Crippen molar-refractivity contribution in [2.45, 2.75) is 29.9 Å². The van der Waals surface area contributed by atoms with Gasteiger partial charge in [-0.2, -0.15) is 8.78 Å². The number of aryl methyl sites for hydroxylation is 1. The number of benzene rings is 2. The molecule has 1 aliphatic heterocycles. The Bertz CT molecular complexity index is 807. The van der Waals surface area contributed by atoms with E-state index >= 15 is 0 Å². The van der Waals surface area contributed by atoms with E-state index in [1.807, 2.05) is 23.1 Å². The summed E-state index contributed by atoms with van der Waals surface area (Å²) in [6.45, 7) is 2.01. The standard InChI is InChI=1S/C22H24F2N2O2S/c23-22(24)29-19-11-9-18(10-12-19)21(28)26-15-13-25(14-16-26)20(27)8-4-7-17-5-2-1-3-6-17/h1-3,5-6,9-12,22H,4,7-8,13-16H2. The molecule has 0 saturated carbocycles. The molecule has 0 spiro atoms. The summed E-state index contributed by atoms with van der Waals surface area (Å²) in [5.74, 6) is -2.48. The third-order valence-electron chi connectivity index (χ3n) is 4.94. The number of nitrogens with zero attached hydrogens (tertiary/aromatic N) is 2. The zero-order chi connectivity index (χ0) is 20.6. The highest BCUT2D eigenvalue weighted by molar-refractivity contribution is 7.99. The lowest BCUT2D eigenvalue weighted by atomic mass is 10.1. The molecule has 154 valence electrons. The molecule has 0 N–H and O–H groups in total. The fourth-order valence-electron chi connectivity index (χ4n) is 3.37. The Morgan fingerprint density at radius 3 is 2.14 bits per heavy atom. The van der Waals surface area contributed by atoms with Crippen LogP contribution in [-0.2, 0) is 11.2 Å². The third-order valence-corrected chi connectivity index (χ3v) is 5.67. The highest BCUT2D eigenvalue weighted by Gasteiger charge is 2.24. The van der Waals surface area contributed by atoms with Crippen LogP contribution in [-0.4, -0.2) is 53.6 Å². The molecule has 1 fully saturated rings. The zero-order valence-corrected chi connectivity index (χ0v) is 16.9. The number of carbonyl (C=O) groups excluding carboxylic acids is 2. The summed E-state index contributed by atoms with van der Waals surface area (Å²) in [4.78, 5) is 29.0. The van der Waals surface area contributed by atoms with Gasteiger partial charge in [-0.05, 0) is 42.7 Å². The molecule has 29 heavy (non-hydrogen) atoms. The molecular formula is C22H24F2N2O2S. The highest BCUT2D eigenvalue weighted by Crippen LogP contribution is 2.25. The third kappa shape index (κ3) is 6.29. The second-order valence-electron chi connectivity index (χ2n) is 6.92. The van der Waals surface area contributed by atoms with Gasteiger partial charge in [-0.1, -0.05) is 42.1 Å². The minimum atomic E-state index is -2.48. The summed E-state index contributed by atoms with van der Waals surface area (Å²) in [6.07, 6.45) is 2.20. The van der Waals surface area contributed by atoms with Crippen molar-refractivity contribution < 1.29 is 18.4 Å². The van der Waals surface area contributed by atoms with Gasteiger partial charge in [0, 0.05) is 43.1 Å². The van der Waals surface area contributed by atoms with Crippen molar-refractivity contribution in [3.8, 4) is 0 Å². The number of alkyl halides is 2. The number of thioether (sulfide) groups is 1. The van der Waals surface area contributed by atoms with Crippen LogP contribution >= 0.6 is 11.8 Å². The van der Waals surface area contributed by atoms with Crippen molar-refractivity contribution in [3.63, 3.8) is 0 Å². The van der Waals surface area contributed by atoms with Gasteiger partial charge in [0.1, 0.15) is 0 Å². The quantitative estimate of drug-likeness (QED) is 0.629. The second kappa shape index (κ2) is 10.4. The molecule has 0 aliphatic carbocycles. The minimum absolute atomic E-state index is 0.126. The Morgan fingerprint density at radius 1 is 0.897 bits per heavy atom. The molecule has 1 heterocycles. The maximum atomic E-state index is 12.6. The Balaban J connectivity index is 1.43. The van der Waals surface area contributed by atoms with Gasteiger partial charge in [0.15, 0.2) is 0 Å². The molecule has 1 saturated heterocycles. The number of piperazine rings is 1. The van der Waals surface area contributed by atoms with E-state index in [9.17, 15) is 18.4 Å². The van der Waals surface area contributed by atoms with E-state index in [2.05, 4.69) is 12.1 Å². The van der Waals surface area contributed by atoms with Crippen molar-refractivity contribution in [3.05, 3.63) is 65.7 Å². The lowest BCUT2D eigenvalue weighted by Crippen LogP contribution is -2.50. The van der Waals surface area contributed by atoms with Crippen LogP contribution in [0.1, 0.15) is 28.8 Å². The lowest BCUT2D eigenvalue weighted by Gasteiger charge is -2.35. The maximum absolute atomic E-state index is 12.6. The van der Waals surface area contributed by atoms with Crippen molar-refractivity contribution in [1.29, 1.82) is 0 Å². The van der Waals surface area contributed by atoms with Crippen molar-refractivity contribution in [1.82, 2.24) is 9.80 Å². The van der Waals surface area contributed by atoms with E-state index in [0.29, 0.717) is 54.8 Å². The lowest BCUT2D eigenvalue weighted by molar-refractivity contribution is -0.132. The molecule has 0 radical (unpaired) electrons. The van der Waals surface area contributed by atoms with Gasteiger partial charge in [0.05, 0.1) is 0 Å². The molecular weight excluding hydrogens is 394 g/mol. The summed E-state index contributed by atoms with van der Waals surface area (Å²) in [6, 6.07) is 16.3. The van der Waals surface area contributed by atoms with E-state index in [1.165, 1.54) is 17.7 Å². The van der Waals surface area contributed by atoms with E-state index < -0.39 is 5.76 Å². The number of carbonyl (C=O) groups is 2. The van der Waals surface area contributed by atoms with Gasteiger partial charge in [-0.3, -0.25) is 9.59 Å². The zero-order valence-electron chi connectivity index (χ0n) is 16.1. The molecule has 1 aliphatic rings. The number of halogens is 2. The second-order valence-corrected chi connectivity index (χ2v) is 7.98. The smallest absolute Gasteiger partial charge is 0.288 e. The number of rotatable bonds is 7. The number of amides is 2. The minimum Gasteiger partial charge on any atom is -0.339 e. The fraction of sp³-hybridized carbons (Fsp3) is 0.364. The van der Waals surface area contributed by atoms with E-state index in [1.54, 1.807) is 17.0 Å². The molecule has 7 heteroatoms. The molecule has 0 aromatic heterocycles. The van der Waals surface area contributed by atoms with Gasteiger partial charge in [0.25, 0.3) is 11.7 Å². The Labute approximate surface area is 173 Å². The van der Waals surface area contributed by atoms with Gasteiger partial charge >= 0.3 is 0 Å². The maximum Gasteiger partial charge on any atom is 0.288 e. The summed E-state index contributed by atoms with van der Waals surface area (Å²) < 4.78 is 24.8. The monoisotopic (exact) mass is 418 g/mol. The molecule has 4 nitrogen and oxygen atoms in total. The molecule has 2 amide bonds. The van der Waals surface area contributed by atoms with Crippen molar-refractivity contribution in [2.24, 2.45) is 0 Å². The van der Waals surface area contributed by atoms with Gasteiger partial charge in [0.2, 0.25) is 5.91 Å². The average molecular weight is 419 g/mol. The van der Waals surface area contributed by atoms with Crippen LogP contribution in [0.3, 0.4) is 0 Å². The molecule has 3 rings (SSSR count). The normalized spacial score (nSPS) is 14.3. The van der Waals surface area contributed by atoms with Gasteiger partial charge in [-0.15, -0.1) is 0 Å². The van der Waals surface area contributed by atoms with Gasteiger partial charge in [-0.25, -0.2) is 0 Å². The first-order valence-corrected chi connectivity index (χ1v) is 10.6. The topological polar surface area (TPSA) is 40.6 Å². The average Bonchev–Trinajstić information content (AvgIpc) is 2.74. The predicted molar refractivity (Wildman–Crippen MR) is 110 cm³/mol. The van der Waals surface area contributed by atoms with Crippen LogP contribution in [0.15, 0.2) is 59.5 Å². The van der Waals surface area contributed by atoms with Crippen LogP contribution < -0.4 is 0 Å². The largest absolute Gasteiger partial charge is 0.339 e. The number of hydrogen-bond donors (Lipinski definition) is 0. The summed E-state index contributed by atoms with van der Waals surface area (Å²) in [5.41, 5.74) is 1.71. The Hall–Kier alpha value is -2.41. The fourth-order valence-corrected chi connectivity index (χ4v) is 3.87. The first kappa shape index (κ1) is 21.3. The van der Waals surface area contributed by atoms with E-state index in [0.717, 1.165) is 12.8 Å². The first-order valence-electron chi connectivity index (χ1n) is 9.69. The molecule has 0 bridgehead atoms. The molecule has 2 aromatic rings. The van der Waals surface area contributed by atoms with Crippen LogP contribution in [0.5, 0.6) is 0 Å². The van der Waals surface area contributed by atoms with Crippen LogP contribution in [0.2, 0.25) is 0 Å². The Kier molecular flexibility index (Phi) is 7.63. The molecule has 2 aromatic carbocycles. The summed E-state index contributed by atoms with van der Waals surface area (Å²) >= 11 is 0.460. The summed E-state index contributed by atoms with van der Waals surface area (Å²) in [7, 11) is 0. The van der Waals surface area contributed by atoms with Crippen LogP contribution in [0.25, 0.3) is 0 Å². The molecule has 0 atom stereocenters. The number of hydrogen-bond acceptors (Lipinski definition) is 3. The highest BCUT2D eigenvalue weighted by atomic mass is 32.2.